The molecule has 2 aromatic heterocycles. The van der Waals surface area contributed by atoms with Gasteiger partial charge in [-0.05, 0) is 36.4 Å². The number of oxazole rings is 1. The van der Waals surface area contributed by atoms with E-state index < -0.39 is 0 Å². The van der Waals surface area contributed by atoms with Crippen molar-refractivity contribution in [3.05, 3.63) is 66.1 Å². The van der Waals surface area contributed by atoms with Crippen molar-refractivity contribution in [2.45, 2.75) is 12.8 Å². The van der Waals surface area contributed by atoms with Crippen molar-refractivity contribution in [3.8, 4) is 17.4 Å². The third-order valence-electron chi connectivity index (χ3n) is 3.92. The quantitative estimate of drug-likeness (QED) is 0.583. The fourth-order valence-electron chi connectivity index (χ4n) is 2.50. The number of pyridine rings is 1. The second-order valence-electron chi connectivity index (χ2n) is 5.91. The van der Waals surface area contributed by atoms with Crippen molar-refractivity contribution < 1.29 is 13.6 Å². The number of hydrogen-bond acceptors (Lipinski definition) is 6. The first-order chi connectivity index (χ1) is 13.7. The summed E-state index contributed by atoms with van der Waals surface area (Å²) in [6, 6.07) is 11.3. The van der Waals surface area contributed by atoms with Gasteiger partial charge in [0.05, 0.1) is 11.8 Å². The van der Waals surface area contributed by atoms with E-state index in [1.54, 1.807) is 36.7 Å². The van der Waals surface area contributed by atoms with Gasteiger partial charge in [-0.1, -0.05) is 0 Å². The van der Waals surface area contributed by atoms with Crippen LogP contribution >= 0.6 is 0 Å². The molecule has 1 amide bonds. The Balaban J connectivity index is 1.40. The molecule has 0 aliphatic rings. The number of carbonyl (C=O) groups excluding carboxylic acids is 1. The van der Waals surface area contributed by atoms with Crippen molar-refractivity contribution in [2.75, 3.05) is 18.4 Å². The third-order valence-corrected chi connectivity index (χ3v) is 3.92. The number of nitriles is 1. The first-order valence-corrected chi connectivity index (χ1v) is 8.72. The summed E-state index contributed by atoms with van der Waals surface area (Å²) >= 11 is 0. The number of rotatable bonds is 8. The van der Waals surface area contributed by atoms with E-state index in [0.717, 1.165) is 5.56 Å². The van der Waals surface area contributed by atoms with Crippen LogP contribution in [0.4, 0.5) is 10.2 Å². The predicted octanol–water partition coefficient (Wildman–Crippen LogP) is 2.91. The molecule has 0 saturated heterocycles. The highest BCUT2D eigenvalue weighted by Gasteiger charge is 2.09. The first kappa shape index (κ1) is 19.0. The summed E-state index contributed by atoms with van der Waals surface area (Å²) in [6.45, 7) is 0.845. The maximum Gasteiger partial charge on any atom is 0.220 e. The fourth-order valence-corrected chi connectivity index (χ4v) is 2.50. The summed E-state index contributed by atoms with van der Waals surface area (Å²) in [7, 11) is 0. The molecule has 28 heavy (non-hydrogen) atoms. The molecule has 0 unspecified atom stereocenters. The highest BCUT2D eigenvalue weighted by Crippen LogP contribution is 2.21. The molecule has 0 atom stereocenters. The zero-order valence-corrected chi connectivity index (χ0v) is 15.0. The van der Waals surface area contributed by atoms with E-state index in [4.69, 9.17) is 9.68 Å². The molecule has 8 heteroatoms. The average Bonchev–Trinajstić information content (AvgIpc) is 3.19. The monoisotopic (exact) mass is 379 g/mol. The highest BCUT2D eigenvalue weighted by atomic mass is 19.1. The largest absolute Gasteiger partial charge is 0.441 e. The van der Waals surface area contributed by atoms with Crippen LogP contribution in [-0.2, 0) is 11.2 Å². The Bertz CT molecular complexity index is 979. The zero-order chi connectivity index (χ0) is 19.8. The second kappa shape index (κ2) is 9.28. The summed E-state index contributed by atoms with van der Waals surface area (Å²) in [6.07, 6.45) is 3.75. The predicted molar refractivity (Wildman–Crippen MR) is 101 cm³/mol. The SMILES string of the molecule is N#Cc1cccnc1NCCNC(=O)CCc1ncc(-c2ccc(F)cc2)o1. The van der Waals surface area contributed by atoms with E-state index in [9.17, 15) is 9.18 Å². The summed E-state index contributed by atoms with van der Waals surface area (Å²) in [5.74, 6) is 1.02. The normalized spacial score (nSPS) is 10.3. The molecule has 0 bridgehead atoms. The number of halogens is 1. The molecular formula is C20H18FN5O2. The van der Waals surface area contributed by atoms with Crippen LogP contribution in [0.3, 0.4) is 0 Å². The minimum Gasteiger partial charge on any atom is -0.441 e. The lowest BCUT2D eigenvalue weighted by Gasteiger charge is -2.08. The van der Waals surface area contributed by atoms with E-state index in [0.29, 0.717) is 42.5 Å². The van der Waals surface area contributed by atoms with Gasteiger partial charge in [-0.3, -0.25) is 4.79 Å². The number of aryl methyl sites for hydroxylation is 1. The van der Waals surface area contributed by atoms with Crippen LogP contribution in [0.1, 0.15) is 17.9 Å². The van der Waals surface area contributed by atoms with Gasteiger partial charge in [-0.15, -0.1) is 0 Å². The minimum absolute atomic E-state index is 0.134. The molecule has 0 fully saturated rings. The van der Waals surface area contributed by atoms with Gasteiger partial charge in [0.2, 0.25) is 5.91 Å². The number of anilines is 1. The van der Waals surface area contributed by atoms with E-state index in [-0.39, 0.29) is 18.1 Å². The summed E-state index contributed by atoms with van der Waals surface area (Å²) < 4.78 is 18.6. The maximum atomic E-state index is 13.0. The van der Waals surface area contributed by atoms with Gasteiger partial charge >= 0.3 is 0 Å². The van der Waals surface area contributed by atoms with E-state index in [2.05, 4.69) is 26.7 Å². The van der Waals surface area contributed by atoms with Gasteiger partial charge in [-0.25, -0.2) is 14.4 Å². The third kappa shape index (κ3) is 5.14. The molecule has 2 heterocycles. The topological polar surface area (TPSA) is 104 Å². The Hall–Kier alpha value is -3.73. The van der Waals surface area contributed by atoms with Crippen LogP contribution in [0.2, 0.25) is 0 Å². The number of benzene rings is 1. The van der Waals surface area contributed by atoms with E-state index in [1.807, 2.05) is 0 Å². The van der Waals surface area contributed by atoms with Crippen LogP contribution in [0.5, 0.6) is 0 Å². The number of nitrogens with zero attached hydrogens (tertiary/aromatic N) is 3. The van der Waals surface area contributed by atoms with Gasteiger partial charge in [0.15, 0.2) is 11.7 Å². The lowest BCUT2D eigenvalue weighted by molar-refractivity contribution is -0.121. The first-order valence-electron chi connectivity index (χ1n) is 8.72. The molecule has 1 aromatic carbocycles. The Morgan fingerprint density at radius 1 is 1.18 bits per heavy atom. The smallest absolute Gasteiger partial charge is 0.220 e. The average molecular weight is 379 g/mol. The van der Waals surface area contributed by atoms with Gasteiger partial charge in [0.25, 0.3) is 0 Å². The molecule has 0 spiro atoms. The number of nitrogens with one attached hydrogen (secondary N) is 2. The Morgan fingerprint density at radius 3 is 2.79 bits per heavy atom. The standard InChI is InChI=1S/C20H18FN5O2/c21-16-5-3-14(4-6-16)17-13-26-19(28-17)8-7-18(27)23-10-11-25-20-15(12-22)2-1-9-24-20/h1-6,9,13H,7-8,10-11H2,(H,23,27)(H,24,25). The van der Waals surface area contributed by atoms with Crippen LogP contribution in [-0.4, -0.2) is 29.0 Å². The Labute approximate surface area is 161 Å². The highest BCUT2D eigenvalue weighted by molar-refractivity contribution is 5.76. The van der Waals surface area contributed by atoms with Crippen LogP contribution in [0, 0.1) is 17.1 Å². The summed E-state index contributed by atoms with van der Waals surface area (Å²) in [4.78, 5) is 20.2. The second-order valence-corrected chi connectivity index (χ2v) is 5.91. The van der Waals surface area contributed by atoms with Gasteiger partial charge < -0.3 is 15.1 Å². The maximum absolute atomic E-state index is 13.0. The molecule has 0 radical (unpaired) electrons. The number of amides is 1. The van der Waals surface area contributed by atoms with Gasteiger partial charge in [0, 0.05) is 37.7 Å². The zero-order valence-electron chi connectivity index (χ0n) is 15.0. The van der Waals surface area contributed by atoms with Crippen LogP contribution in [0.25, 0.3) is 11.3 Å². The molecule has 0 saturated carbocycles. The van der Waals surface area contributed by atoms with Crippen molar-refractivity contribution in [3.63, 3.8) is 0 Å². The molecule has 3 rings (SSSR count). The van der Waals surface area contributed by atoms with Crippen LogP contribution < -0.4 is 10.6 Å². The van der Waals surface area contributed by atoms with Crippen LogP contribution in [0.15, 0.2) is 53.2 Å². The van der Waals surface area contributed by atoms with E-state index in [1.165, 1.54) is 12.1 Å². The van der Waals surface area contributed by atoms with E-state index >= 15 is 0 Å². The molecule has 142 valence electrons. The molecule has 3 aromatic rings. The minimum atomic E-state index is -0.318. The summed E-state index contributed by atoms with van der Waals surface area (Å²) in [5, 5.41) is 14.8. The Kier molecular flexibility index (Phi) is 6.31. The van der Waals surface area contributed by atoms with Gasteiger partial charge in [0.1, 0.15) is 17.7 Å². The molecule has 0 aliphatic carbocycles. The number of hydrogen-bond donors (Lipinski definition) is 2. The van der Waals surface area contributed by atoms with Crippen molar-refractivity contribution in [1.29, 1.82) is 5.26 Å². The molecule has 0 aliphatic heterocycles. The lowest BCUT2D eigenvalue weighted by Crippen LogP contribution is -2.29. The number of carbonyl (C=O) groups is 1. The lowest BCUT2D eigenvalue weighted by atomic mass is 10.2. The molecule has 2 N–H and O–H groups in total. The number of aromatic nitrogens is 2. The Morgan fingerprint density at radius 2 is 2.00 bits per heavy atom. The van der Waals surface area contributed by atoms with Crippen molar-refractivity contribution >= 4 is 11.7 Å². The van der Waals surface area contributed by atoms with Crippen molar-refractivity contribution in [2.24, 2.45) is 0 Å². The van der Waals surface area contributed by atoms with Crippen molar-refractivity contribution in [1.82, 2.24) is 15.3 Å². The molecular weight excluding hydrogens is 361 g/mol. The fraction of sp³-hybridized carbons (Fsp3) is 0.200. The summed E-state index contributed by atoms with van der Waals surface area (Å²) in [5.41, 5.74) is 1.18. The van der Waals surface area contributed by atoms with Gasteiger partial charge in [-0.2, -0.15) is 5.26 Å². The molecule has 7 nitrogen and oxygen atoms in total.